The lowest BCUT2D eigenvalue weighted by Gasteiger charge is -2.15. The molecule has 4 heteroatoms. The first-order valence-electron chi connectivity index (χ1n) is 6.00. The van der Waals surface area contributed by atoms with Crippen molar-refractivity contribution in [1.82, 2.24) is 9.88 Å². The SMILES string of the molecule is Cc1cccc(CN2CCC(CC(=O)O)C2)n1. The topological polar surface area (TPSA) is 53.4 Å². The van der Waals surface area contributed by atoms with Gasteiger partial charge in [0, 0.05) is 25.2 Å². The van der Waals surface area contributed by atoms with Gasteiger partial charge in [0.2, 0.25) is 0 Å². The number of pyridine rings is 1. The second kappa shape index (κ2) is 5.27. The Labute approximate surface area is 101 Å². The average molecular weight is 234 g/mol. The Bertz CT molecular complexity index is 406. The second-order valence-electron chi connectivity index (χ2n) is 4.76. The summed E-state index contributed by atoms with van der Waals surface area (Å²) in [5.74, 6) is -0.386. The third-order valence-electron chi connectivity index (χ3n) is 3.16. The lowest BCUT2D eigenvalue weighted by atomic mass is 10.1. The number of aryl methyl sites for hydroxylation is 1. The van der Waals surface area contributed by atoms with Crippen molar-refractivity contribution in [1.29, 1.82) is 0 Å². The minimum absolute atomic E-state index is 0.289. The fourth-order valence-electron chi connectivity index (χ4n) is 2.39. The minimum Gasteiger partial charge on any atom is -0.481 e. The quantitative estimate of drug-likeness (QED) is 0.861. The number of hydrogen-bond acceptors (Lipinski definition) is 3. The number of carbonyl (C=O) groups is 1. The van der Waals surface area contributed by atoms with Crippen molar-refractivity contribution >= 4 is 5.97 Å². The van der Waals surface area contributed by atoms with Crippen LogP contribution in [0.1, 0.15) is 24.2 Å². The molecule has 92 valence electrons. The average Bonchev–Trinajstić information content (AvgIpc) is 2.64. The van der Waals surface area contributed by atoms with Crippen LogP contribution in [-0.2, 0) is 11.3 Å². The Kier molecular flexibility index (Phi) is 3.74. The molecule has 1 aliphatic heterocycles. The van der Waals surface area contributed by atoms with Crippen LogP contribution in [0, 0.1) is 12.8 Å². The molecule has 1 unspecified atom stereocenters. The van der Waals surface area contributed by atoms with E-state index in [1.54, 1.807) is 0 Å². The first-order chi connectivity index (χ1) is 8.13. The molecule has 1 N–H and O–H groups in total. The molecule has 1 aliphatic rings. The summed E-state index contributed by atoms with van der Waals surface area (Å²) < 4.78 is 0. The Balaban J connectivity index is 1.87. The van der Waals surface area contributed by atoms with Gasteiger partial charge in [0.15, 0.2) is 0 Å². The molecule has 17 heavy (non-hydrogen) atoms. The summed E-state index contributed by atoms with van der Waals surface area (Å²) in [5.41, 5.74) is 2.10. The molecule has 1 fully saturated rings. The Morgan fingerprint density at radius 1 is 1.59 bits per heavy atom. The van der Waals surface area contributed by atoms with Gasteiger partial charge < -0.3 is 5.11 Å². The number of nitrogens with zero attached hydrogens (tertiary/aromatic N) is 2. The van der Waals surface area contributed by atoms with E-state index >= 15 is 0 Å². The molecule has 0 aliphatic carbocycles. The van der Waals surface area contributed by atoms with Crippen LogP contribution in [0.4, 0.5) is 0 Å². The van der Waals surface area contributed by atoms with Crippen LogP contribution in [-0.4, -0.2) is 34.0 Å². The number of aromatic nitrogens is 1. The van der Waals surface area contributed by atoms with Gasteiger partial charge in [-0.2, -0.15) is 0 Å². The molecule has 4 nitrogen and oxygen atoms in total. The minimum atomic E-state index is -0.689. The van der Waals surface area contributed by atoms with Crippen molar-refractivity contribution in [2.45, 2.75) is 26.3 Å². The highest BCUT2D eigenvalue weighted by Crippen LogP contribution is 2.20. The van der Waals surface area contributed by atoms with Gasteiger partial charge in [-0.3, -0.25) is 14.7 Å². The highest BCUT2D eigenvalue weighted by Gasteiger charge is 2.24. The van der Waals surface area contributed by atoms with E-state index in [0.29, 0.717) is 5.92 Å². The van der Waals surface area contributed by atoms with Crippen LogP contribution in [0.2, 0.25) is 0 Å². The highest BCUT2D eigenvalue weighted by atomic mass is 16.4. The number of carboxylic acids is 1. The lowest BCUT2D eigenvalue weighted by molar-refractivity contribution is -0.138. The van der Waals surface area contributed by atoms with Crippen molar-refractivity contribution in [2.75, 3.05) is 13.1 Å². The monoisotopic (exact) mass is 234 g/mol. The summed E-state index contributed by atoms with van der Waals surface area (Å²) in [6, 6.07) is 6.03. The number of rotatable bonds is 4. The van der Waals surface area contributed by atoms with Gasteiger partial charge in [0.1, 0.15) is 0 Å². The Morgan fingerprint density at radius 3 is 3.12 bits per heavy atom. The first kappa shape index (κ1) is 12.0. The molecule has 0 radical (unpaired) electrons. The predicted octanol–water partition coefficient (Wildman–Crippen LogP) is 1.69. The van der Waals surface area contributed by atoms with Crippen LogP contribution in [0.5, 0.6) is 0 Å². The zero-order valence-corrected chi connectivity index (χ0v) is 10.1. The zero-order chi connectivity index (χ0) is 12.3. The van der Waals surface area contributed by atoms with Gasteiger partial charge in [-0.25, -0.2) is 0 Å². The van der Waals surface area contributed by atoms with Crippen molar-refractivity contribution in [2.24, 2.45) is 5.92 Å². The summed E-state index contributed by atoms with van der Waals surface area (Å²) in [6.45, 7) is 4.67. The molecule has 0 amide bonds. The maximum atomic E-state index is 10.6. The van der Waals surface area contributed by atoms with Gasteiger partial charge in [0.25, 0.3) is 0 Å². The van der Waals surface area contributed by atoms with Gasteiger partial charge in [-0.1, -0.05) is 6.07 Å². The van der Waals surface area contributed by atoms with E-state index in [-0.39, 0.29) is 6.42 Å². The first-order valence-corrected chi connectivity index (χ1v) is 6.00. The van der Waals surface area contributed by atoms with Crippen molar-refractivity contribution in [3.8, 4) is 0 Å². The maximum Gasteiger partial charge on any atom is 0.303 e. The maximum absolute atomic E-state index is 10.6. The fourth-order valence-corrected chi connectivity index (χ4v) is 2.39. The standard InChI is InChI=1S/C13H18N2O2/c1-10-3-2-4-12(14-10)9-15-6-5-11(8-15)7-13(16)17/h2-4,11H,5-9H2,1H3,(H,16,17). The van der Waals surface area contributed by atoms with E-state index in [9.17, 15) is 4.79 Å². The number of carboxylic acid groups (broad SMARTS) is 1. The van der Waals surface area contributed by atoms with E-state index in [1.165, 1.54) is 0 Å². The van der Waals surface area contributed by atoms with E-state index in [4.69, 9.17) is 5.11 Å². The predicted molar refractivity (Wildman–Crippen MR) is 64.6 cm³/mol. The molecule has 0 aromatic carbocycles. The third kappa shape index (κ3) is 3.53. The second-order valence-corrected chi connectivity index (χ2v) is 4.76. The summed E-state index contributed by atoms with van der Waals surface area (Å²) in [5, 5.41) is 8.76. The summed E-state index contributed by atoms with van der Waals surface area (Å²) in [6.07, 6.45) is 1.27. The summed E-state index contributed by atoms with van der Waals surface area (Å²) in [4.78, 5) is 17.4. The van der Waals surface area contributed by atoms with Crippen LogP contribution in [0.15, 0.2) is 18.2 Å². The molecule has 2 heterocycles. The van der Waals surface area contributed by atoms with E-state index in [1.807, 2.05) is 25.1 Å². The lowest BCUT2D eigenvalue weighted by Crippen LogP contribution is -2.21. The fraction of sp³-hybridized carbons (Fsp3) is 0.538. The molecule has 1 atom stereocenters. The smallest absolute Gasteiger partial charge is 0.303 e. The molecule has 2 rings (SSSR count). The van der Waals surface area contributed by atoms with Gasteiger partial charge in [0.05, 0.1) is 5.69 Å². The number of hydrogen-bond donors (Lipinski definition) is 1. The highest BCUT2D eigenvalue weighted by molar-refractivity contribution is 5.67. The van der Waals surface area contributed by atoms with E-state index in [2.05, 4.69) is 9.88 Å². The molecule has 0 bridgehead atoms. The molecular weight excluding hydrogens is 216 g/mol. The van der Waals surface area contributed by atoms with E-state index in [0.717, 1.165) is 37.4 Å². The Morgan fingerprint density at radius 2 is 2.41 bits per heavy atom. The van der Waals surface area contributed by atoms with Gasteiger partial charge in [-0.05, 0) is 37.9 Å². The van der Waals surface area contributed by atoms with Crippen LogP contribution < -0.4 is 0 Å². The van der Waals surface area contributed by atoms with Crippen molar-refractivity contribution < 1.29 is 9.90 Å². The van der Waals surface area contributed by atoms with E-state index < -0.39 is 5.97 Å². The van der Waals surface area contributed by atoms with Gasteiger partial charge >= 0.3 is 5.97 Å². The largest absolute Gasteiger partial charge is 0.481 e. The Hall–Kier alpha value is -1.42. The number of likely N-dealkylation sites (tertiary alicyclic amines) is 1. The molecule has 0 spiro atoms. The molecule has 1 aromatic heterocycles. The molecule has 1 aromatic rings. The summed E-state index contributed by atoms with van der Waals surface area (Å²) >= 11 is 0. The molecular formula is C13H18N2O2. The van der Waals surface area contributed by atoms with Crippen LogP contribution in [0.3, 0.4) is 0 Å². The van der Waals surface area contributed by atoms with Crippen molar-refractivity contribution in [3.05, 3.63) is 29.6 Å². The number of aliphatic carboxylic acids is 1. The molecule has 1 saturated heterocycles. The van der Waals surface area contributed by atoms with Crippen LogP contribution >= 0.6 is 0 Å². The third-order valence-corrected chi connectivity index (χ3v) is 3.16. The van der Waals surface area contributed by atoms with Crippen molar-refractivity contribution in [3.63, 3.8) is 0 Å². The normalized spacial score (nSPS) is 20.6. The molecule has 0 saturated carbocycles. The van der Waals surface area contributed by atoms with Gasteiger partial charge in [-0.15, -0.1) is 0 Å². The van der Waals surface area contributed by atoms with Crippen LogP contribution in [0.25, 0.3) is 0 Å². The zero-order valence-electron chi connectivity index (χ0n) is 10.1. The summed E-state index contributed by atoms with van der Waals surface area (Å²) in [7, 11) is 0.